The highest BCUT2D eigenvalue weighted by atomic mass is 16.5. The van der Waals surface area contributed by atoms with E-state index in [-0.39, 0.29) is 12.0 Å². The van der Waals surface area contributed by atoms with Gasteiger partial charge in [-0.1, -0.05) is 30.3 Å². The van der Waals surface area contributed by atoms with Gasteiger partial charge in [0, 0.05) is 24.0 Å². The van der Waals surface area contributed by atoms with E-state index in [0.29, 0.717) is 0 Å². The molecule has 1 aliphatic heterocycles. The molecule has 3 N–H and O–H groups in total. The summed E-state index contributed by atoms with van der Waals surface area (Å²) in [6.07, 6.45) is 2.36. The van der Waals surface area contributed by atoms with Crippen molar-refractivity contribution in [2.75, 3.05) is 20.1 Å². The quantitative estimate of drug-likeness (QED) is 0.445. The number of H-pyrrole nitrogens is 1. The normalized spacial score (nSPS) is 15.9. The van der Waals surface area contributed by atoms with Gasteiger partial charge in [0.1, 0.15) is 11.9 Å². The highest BCUT2D eigenvalue weighted by Gasteiger charge is 2.23. The molecule has 1 saturated heterocycles. The van der Waals surface area contributed by atoms with Crippen molar-refractivity contribution in [3.63, 3.8) is 0 Å². The van der Waals surface area contributed by atoms with E-state index in [2.05, 4.69) is 22.1 Å². The van der Waals surface area contributed by atoms with Gasteiger partial charge in [0.05, 0.1) is 17.1 Å². The van der Waals surface area contributed by atoms with Crippen LogP contribution in [0.1, 0.15) is 35.4 Å². The van der Waals surface area contributed by atoms with Crippen LogP contribution in [0.15, 0.2) is 66.7 Å². The monoisotopic (exact) mass is 454 g/mol. The van der Waals surface area contributed by atoms with E-state index in [1.54, 1.807) is 0 Å². The molecule has 4 aromatic rings. The van der Waals surface area contributed by atoms with Crippen LogP contribution in [0, 0.1) is 6.92 Å². The minimum atomic E-state index is -0.515. The van der Waals surface area contributed by atoms with Crippen LogP contribution in [0.25, 0.3) is 22.2 Å². The molecule has 34 heavy (non-hydrogen) atoms. The molecule has 5 rings (SSSR count). The fourth-order valence-electron chi connectivity index (χ4n) is 4.83. The molecule has 3 aromatic carbocycles. The van der Waals surface area contributed by atoms with Crippen molar-refractivity contribution in [2.24, 2.45) is 5.73 Å². The van der Waals surface area contributed by atoms with Gasteiger partial charge in [0.2, 0.25) is 5.91 Å². The molecule has 1 aromatic heterocycles. The third-order valence-corrected chi connectivity index (χ3v) is 6.80. The number of aromatic nitrogens is 2. The molecule has 0 aliphatic carbocycles. The molecule has 0 radical (unpaired) electrons. The number of rotatable bonds is 6. The number of carbonyl (C=O) groups excluding carboxylic acids is 1. The lowest BCUT2D eigenvalue weighted by Gasteiger charge is -2.29. The lowest BCUT2D eigenvalue weighted by atomic mass is 9.87. The summed E-state index contributed by atoms with van der Waals surface area (Å²) in [6.45, 7) is 4.14. The number of aromatic amines is 1. The number of hydrogen-bond acceptors (Lipinski definition) is 4. The first-order valence-corrected chi connectivity index (χ1v) is 11.8. The van der Waals surface area contributed by atoms with E-state index in [9.17, 15) is 4.79 Å². The van der Waals surface area contributed by atoms with Crippen LogP contribution in [0.2, 0.25) is 0 Å². The Morgan fingerprint density at radius 1 is 1.09 bits per heavy atom. The van der Waals surface area contributed by atoms with Gasteiger partial charge in [-0.2, -0.15) is 5.10 Å². The van der Waals surface area contributed by atoms with Crippen LogP contribution in [-0.4, -0.2) is 47.2 Å². The van der Waals surface area contributed by atoms with E-state index in [1.165, 1.54) is 0 Å². The van der Waals surface area contributed by atoms with Crippen LogP contribution in [0.4, 0.5) is 0 Å². The average molecular weight is 455 g/mol. The summed E-state index contributed by atoms with van der Waals surface area (Å²) in [7, 11) is 2.15. The highest BCUT2D eigenvalue weighted by Crippen LogP contribution is 2.33. The number of nitrogens with one attached hydrogen (secondary N) is 1. The zero-order chi connectivity index (χ0) is 23.7. The first kappa shape index (κ1) is 22.2. The number of fused-ring (bicyclic) bond motifs is 1. The van der Waals surface area contributed by atoms with Gasteiger partial charge >= 0.3 is 0 Å². The Morgan fingerprint density at radius 3 is 2.53 bits per heavy atom. The summed E-state index contributed by atoms with van der Waals surface area (Å²) in [5.41, 5.74) is 11.4. The van der Waals surface area contributed by atoms with Crippen molar-refractivity contribution < 1.29 is 9.53 Å². The SMILES string of the molecule is Cc1ccccc1C(C(N)=O)c1ccc2[nH]nc(-c3ccc(OC4CCN(C)CC4)cc3)c2c1. The Bertz CT molecular complexity index is 1300. The predicted molar refractivity (Wildman–Crippen MR) is 135 cm³/mol. The standard InChI is InChI=1S/C28H30N4O2/c1-18-5-3-4-6-23(18)26(28(29)33)20-9-12-25-24(17-20)27(31-30-25)19-7-10-21(11-8-19)34-22-13-15-32(2)16-14-22/h3-12,17,22,26H,13-16H2,1-2H3,(H2,29,33)(H,30,31). The molecule has 0 bridgehead atoms. The van der Waals surface area contributed by atoms with Crippen LogP contribution in [0.5, 0.6) is 5.75 Å². The summed E-state index contributed by atoms with van der Waals surface area (Å²) in [6, 6.07) is 21.9. The van der Waals surface area contributed by atoms with E-state index >= 15 is 0 Å². The minimum absolute atomic E-state index is 0.267. The number of aryl methyl sites for hydroxylation is 1. The lowest BCUT2D eigenvalue weighted by Crippen LogP contribution is -2.35. The van der Waals surface area contributed by atoms with E-state index in [1.807, 2.05) is 73.7 Å². The molecular formula is C28H30N4O2. The van der Waals surface area contributed by atoms with Crippen molar-refractivity contribution in [3.8, 4) is 17.0 Å². The van der Waals surface area contributed by atoms with Gasteiger partial charge < -0.3 is 15.4 Å². The second-order valence-corrected chi connectivity index (χ2v) is 9.21. The average Bonchev–Trinajstić information content (AvgIpc) is 3.26. The Morgan fingerprint density at radius 2 is 1.82 bits per heavy atom. The second kappa shape index (κ2) is 9.31. The number of benzene rings is 3. The summed E-state index contributed by atoms with van der Waals surface area (Å²) in [5, 5.41) is 8.64. The number of amides is 1. The molecule has 2 heterocycles. The van der Waals surface area contributed by atoms with Crippen LogP contribution >= 0.6 is 0 Å². The van der Waals surface area contributed by atoms with Crippen LogP contribution in [-0.2, 0) is 4.79 Å². The van der Waals surface area contributed by atoms with Crippen molar-refractivity contribution in [2.45, 2.75) is 31.8 Å². The number of likely N-dealkylation sites (tertiary alicyclic amines) is 1. The van der Waals surface area contributed by atoms with Crippen molar-refractivity contribution in [1.29, 1.82) is 0 Å². The number of nitrogens with zero attached hydrogens (tertiary/aromatic N) is 2. The topological polar surface area (TPSA) is 84.2 Å². The highest BCUT2D eigenvalue weighted by molar-refractivity contribution is 5.95. The zero-order valence-corrected chi connectivity index (χ0v) is 19.6. The predicted octanol–water partition coefficient (Wildman–Crippen LogP) is 4.63. The summed E-state index contributed by atoms with van der Waals surface area (Å²) in [4.78, 5) is 14.8. The van der Waals surface area contributed by atoms with Gasteiger partial charge in [0.25, 0.3) is 0 Å². The van der Waals surface area contributed by atoms with E-state index < -0.39 is 5.92 Å². The second-order valence-electron chi connectivity index (χ2n) is 9.21. The molecule has 174 valence electrons. The van der Waals surface area contributed by atoms with Gasteiger partial charge in [-0.15, -0.1) is 0 Å². The maximum Gasteiger partial charge on any atom is 0.229 e. The number of ether oxygens (including phenoxy) is 1. The summed E-state index contributed by atoms with van der Waals surface area (Å²) >= 11 is 0. The number of hydrogen-bond donors (Lipinski definition) is 2. The molecule has 1 fully saturated rings. The molecule has 0 spiro atoms. The molecule has 6 heteroatoms. The maximum absolute atomic E-state index is 12.5. The van der Waals surface area contributed by atoms with Crippen molar-refractivity contribution >= 4 is 16.8 Å². The molecule has 1 aliphatic rings. The summed E-state index contributed by atoms with van der Waals surface area (Å²) < 4.78 is 6.19. The summed E-state index contributed by atoms with van der Waals surface area (Å²) in [5.74, 6) is -0.0000502. The lowest BCUT2D eigenvalue weighted by molar-refractivity contribution is -0.118. The largest absolute Gasteiger partial charge is 0.490 e. The van der Waals surface area contributed by atoms with Gasteiger partial charge in [-0.05, 0) is 79.9 Å². The van der Waals surface area contributed by atoms with E-state index in [4.69, 9.17) is 10.5 Å². The number of nitrogens with two attached hydrogens (primary N) is 1. The molecule has 1 atom stereocenters. The Balaban J connectivity index is 1.44. The third-order valence-electron chi connectivity index (χ3n) is 6.80. The fraction of sp³-hybridized carbons (Fsp3) is 0.286. The molecular weight excluding hydrogens is 424 g/mol. The third kappa shape index (κ3) is 4.41. The van der Waals surface area contributed by atoms with Crippen LogP contribution in [0.3, 0.4) is 0 Å². The Hall–Kier alpha value is -3.64. The van der Waals surface area contributed by atoms with Crippen LogP contribution < -0.4 is 10.5 Å². The Kier molecular flexibility index (Phi) is 6.07. The zero-order valence-electron chi connectivity index (χ0n) is 19.6. The van der Waals surface area contributed by atoms with E-state index in [0.717, 1.165) is 70.5 Å². The number of primary amides is 1. The first-order chi connectivity index (χ1) is 16.5. The molecule has 1 unspecified atom stereocenters. The molecule has 6 nitrogen and oxygen atoms in total. The van der Waals surface area contributed by atoms with Crippen molar-refractivity contribution in [3.05, 3.63) is 83.4 Å². The molecule has 0 saturated carbocycles. The van der Waals surface area contributed by atoms with Gasteiger partial charge in [-0.25, -0.2) is 0 Å². The van der Waals surface area contributed by atoms with Gasteiger partial charge in [0.15, 0.2) is 0 Å². The number of piperidine rings is 1. The minimum Gasteiger partial charge on any atom is -0.490 e. The smallest absolute Gasteiger partial charge is 0.229 e. The Labute approximate surface area is 199 Å². The van der Waals surface area contributed by atoms with Gasteiger partial charge in [-0.3, -0.25) is 9.89 Å². The fourth-order valence-corrected chi connectivity index (χ4v) is 4.83. The first-order valence-electron chi connectivity index (χ1n) is 11.8. The maximum atomic E-state index is 12.5. The molecule has 1 amide bonds. The number of carbonyl (C=O) groups is 1. The van der Waals surface area contributed by atoms with Crippen molar-refractivity contribution in [1.82, 2.24) is 15.1 Å².